The predicted octanol–water partition coefficient (Wildman–Crippen LogP) is 1.46. The summed E-state index contributed by atoms with van der Waals surface area (Å²) in [4.78, 5) is 10.2. The Kier molecular flexibility index (Phi) is 3.35. The van der Waals surface area contributed by atoms with E-state index in [2.05, 4.69) is 0 Å². The van der Waals surface area contributed by atoms with Crippen LogP contribution < -0.4 is 5.32 Å². The standard InChI is InChI=1S/C6H10F3NO/c1-3-5(6(7,8)9)10-4(2)11/h5H,3H2,1-2H3,(H,10,11). The van der Waals surface area contributed by atoms with Gasteiger partial charge in [0.2, 0.25) is 5.91 Å². The van der Waals surface area contributed by atoms with Gasteiger partial charge in [-0.2, -0.15) is 13.2 Å². The number of carbonyl (C=O) groups is 1. The highest BCUT2D eigenvalue weighted by molar-refractivity contribution is 5.73. The molecule has 0 rings (SSSR count). The van der Waals surface area contributed by atoms with E-state index in [1.165, 1.54) is 6.92 Å². The van der Waals surface area contributed by atoms with Crippen LogP contribution in [0.5, 0.6) is 0 Å². The Morgan fingerprint density at radius 3 is 2.09 bits per heavy atom. The van der Waals surface area contributed by atoms with Crippen LogP contribution in [0.1, 0.15) is 20.3 Å². The summed E-state index contributed by atoms with van der Waals surface area (Å²) in [7, 11) is 0. The first-order valence-corrected chi connectivity index (χ1v) is 3.21. The number of nitrogens with one attached hydrogen (secondary N) is 1. The molecule has 1 N–H and O–H groups in total. The van der Waals surface area contributed by atoms with Crippen LogP contribution in [0.15, 0.2) is 0 Å². The Hall–Kier alpha value is -0.740. The molecule has 1 unspecified atom stereocenters. The van der Waals surface area contributed by atoms with Crippen molar-refractivity contribution in [1.82, 2.24) is 5.32 Å². The van der Waals surface area contributed by atoms with Gasteiger partial charge in [-0.1, -0.05) is 6.92 Å². The number of halogens is 3. The first kappa shape index (κ1) is 10.3. The normalized spacial score (nSPS) is 14.3. The molecule has 66 valence electrons. The maximum atomic E-state index is 11.9. The molecule has 0 aliphatic carbocycles. The van der Waals surface area contributed by atoms with Gasteiger partial charge in [-0.25, -0.2) is 0 Å². The molecule has 0 saturated heterocycles. The van der Waals surface area contributed by atoms with E-state index in [0.717, 1.165) is 6.92 Å². The van der Waals surface area contributed by atoms with E-state index >= 15 is 0 Å². The maximum absolute atomic E-state index is 11.9. The minimum absolute atomic E-state index is 0.136. The van der Waals surface area contributed by atoms with Crippen LogP contribution in [0.25, 0.3) is 0 Å². The SMILES string of the molecule is CCC(NC(C)=O)C(F)(F)F. The van der Waals surface area contributed by atoms with Crippen molar-refractivity contribution in [3.8, 4) is 0 Å². The molecular formula is C6H10F3NO. The second kappa shape index (κ2) is 3.59. The number of carbonyl (C=O) groups excluding carboxylic acids is 1. The van der Waals surface area contributed by atoms with Gasteiger partial charge in [-0.15, -0.1) is 0 Å². The Balaban J connectivity index is 4.07. The minimum atomic E-state index is -4.33. The predicted molar refractivity (Wildman–Crippen MR) is 34.0 cm³/mol. The second-order valence-corrected chi connectivity index (χ2v) is 2.20. The van der Waals surface area contributed by atoms with Gasteiger partial charge in [0, 0.05) is 6.92 Å². The summed E-state index contributed by atoms with van der Waals surface area (Å²) in [6.45, 7) is 2.43. The average molecular weight is 169 g/mol. The Labute approximate surface area is 62.8 Å². The fourth-order valence-electron chi connectivity index (χ4n) is 0.661. The summed E-state index contributed by atoms with van der Waals surface area (Å²) in [5.41, 5.74) is 0. The van der Waals surface area contributed by atoms with Crippen LogP contribution in [-0.2, 0) is 4.79 Å². The molecule has 0 aromatic rings. The molecule has 0 aromatic heterocycles. The average Bonchev–Trinajstić information content (AvgIpc) is 1.79. The largest absolute Gasteiger partial charge is 0.408 e. The van der Waals surface area contributed by atoms with Crippen molar-refractivity contribution in [3.05, 3.63) is 0 Å². The van der Waals surface area contributed by atoms with Crippen molar-refractivity contribution >= 4 is 5.91 Å². The van der Waals surface area contributed by atoms with Gasteiger partial charge in [-0.3, -0.25) is 4.79 Å². The molecule has 2 nitrogen and oxygen atoms in total. The number of alkyl halides is 3. The third kappa shape index (κ3) is 3.85. The summed E-state index contributed by atoms with van der Waals surface area (Å²) in [6, 6.07) is -1.71. The zero-order valence-electron chi connectivity index (χ0n) is 6.33. The highest BCUT2D eigenvalue weighted by Gasteiger charge is 2.38. The van der Waals surface area contributed by atoms with E-state index in [9.17, 15) is 18.0 Å². The molecule has 0 saturated carbocycles. The zero-order chi connectivity index (χ0) is 9.07. The first-order valence-electron chi connectivity index (χ1n) is 3.21. The van der Waals surface area contributed by atoms with Crippen molar-refractivity contribution in [2.24, 2.45) is 0 Å². The summed E-state index contributed by atoms with van der Waals surface area (Å²) in [5.74, 6) is -0.658. The molecular weight excluding hydrogens is 159 g/mol. The van der Waals surface area contributed by atoms with Crippen LogP contribution in [-0.4, -0.2) is 18.1 Å². The van der Waals surface area contributed by atoms with Crippen molar-refractivity contribution in [3.63, 3.8) is 0 Å². The van der Waals surface area contributed by atoms with Crippen LogP contribution in [0.4, 0.5) is 13.2 Å². The van der Waals surface area contributed by atoms with Gasteiger partial charge in [-0.05, 0) is 6.42 Å². The quantitative estimate of drug-likeness (QED) is 0.666. The molecule has 1 amide bonds. The Morgan fingerprint density at radius 2 is 2.00 bits per heavy atom. The van der Waals surface area contributed by atoms with Crippen LogP contribution >= 0.6 is 0 Å². The van der Waals surface area contributed by atoms with E-state index in [1.54, 1.807) is 5.32 Å². The van der Waals surface area contributed by atoms with Gasteiger partial charge in [0.1, 0.15) is 6.04 Å². The van der Waals surface area contributed by atoms with E-state index in [1.807, 2.05) is 0 Å². The second-order valence-electron chi connectivity index (χ2n) is 2.20. The molecule has 0 fully saturated rings. The third-order valence-electron chi connectivity index (χ3n) is 1.18. The van der Waals surface area contributed by atoms with E-state index in [0.29, 0.717) is 0 Å². The molecule has 0 bridgehead atoms. The lowest BCUT2D eigenvalue weighted by Crippen LogP contribution is -2.43. The zero-order valence-corrected chi connectivity index (χ0v) is 6.33. The Morgan fingerprint density at radius 1 is 1.55 bits per heavy atom. The maximum Gasteiger partial charge on any atom is 0.408 e. The lowest BCUT2D eigenvalue weighted by atomic mass is 10.2. The van der Waals surface area contributed by atoms with Crippen LogP contribution in [0, 0.1) is 0 Å². The van der Waals surface area contributed by atoms with Gasteiger partial charge in [0.05, 0.1) is 0 Å². The third-order valence-corrected chi connectivity index (χ3v) is 1.18. The Bertz CT molecular complexity index is 143. The van der Waals surface area contributed by atoms with Gasteiger partial charge in [0.25, 0.3) is 0 Å². The summed E-state index contributed by atoms with van der Waals surface area (Å²) >= 11 is 0. The van der Waals surface area contributed by atoms with Crippen LogP contribution in [0.3, 0.4) is 0 Å². The molecule has 5 heteroatoms. The van der Waals surface area contributed by atoms with E-state index in [-0.39, 0.29) is 6.42 Å². The molecule has 11 heavy (non-hydrogen) atoms. The minimum Gasteiger partial charge on any atom is -0.345 e. The van der Waals surface area contributed by atoms with Gasteiger partial charge < -0.3 is 5.32 Å². The fourth-order valence-corrected chi connectivity index (χ4v) is 0.661. The molecule has 0 aliphatic rings. The van der Waals surface area contributed by atoms with E-state index in [4.69, 9.17) is 0 Å². The fraction of sp³-hybridized carbons (Fsp3) is 0.833. The van der Waals surface area contributed by atoms with Crippen molar-refractivity contribution in [2.75, 3.05) is 0 Å². The summed E-state index contributed by atoms with van der Waals surface area (Å²) < 4.78 is 35.6. The monoisotopic (exact) mass is 169 g/mol. The first-order chi connectivity index (χ1) is 4.88. The van der Waals surface area contributed by atoms with Crippen molar-refractivity contribution < 1.29 is 18.0 Å². The number of hydrogen-bond donors (Lipinski definition) is 1. The molecule has 0 spiro atoms. The molecule has 0 heterocycles. The number of hydrogen-bond acceptors (Lipinski definition) is 1. The van der Waals surface area contributed by atoms with Crippen LogP contribution in [0.2, 0.25) is 0 Å². The molecule has 0 radical (unpaired) electrons. The topological polar surface area (TPSA) is 29.1 Å². The molecule has 0 aliphatic heterocycles. The van der Waals surface area contributed by atoms with Crippen molar-refractivity contribution in [2.45, 2.75) is 32.5 Å². The number of amides is 1. The summed E-state index contributed by atoms with van der Waals surface area (Å²) in [6.07, 6.45) is -4.47. The highest BCUT2D eigenvalue weighted by atomic mass is 19.4. The summed E-state index contributed by atoms with van der Waals surface area (Å²) in [5, 5.41) is 1.81. The van der Waals surface area contributed by atoms with Crippen molar-refractivity contribution in [1.29, 1.82) is 0 Å². The van der Waals surface area contributed by atoms with Gasteiger partial charge >= 0.3 is 6.18 Å². The number of rotatable bonds is 2. The molecule has 1 atom stereocenters. The molecule has 0 aromatic carbocycles. The van der Waals surface area contributed by atoms with E-state index < -0.39 is 18.1 Å². The van der Waals surface area contributed by atoms with Gasteiger partial charge in [0.15, 0.2) is 0 Å². The highest BCUT2D eigenvalue weighted by Crippen LogP contribution is 2.21. The lowest BCUT2D eigenvalue weighted by Gasteiger charge is -2.18. The lowest BCUT2D eigenvalue weighted by molar-refractivity contribution is -0.161. The smallest absolute Gasteiger partial charge is 0.345 e.